The first-order chi connectivity index (χ1) is 6.23. The van der Waals surface area contributed by atoms with Gasteiger partial charge in [-0.2, -0.15) is 0 Å². The largest absolute Gasteiger partial charge is 0.0916 e. The minimum Gasteiger partial charge on any atom is -0.0916 e. The Labute approximate surface area is 94.3 Å². The van der Waals surface area contributed by atoms with E-state index in [4.69, 9.17) is 0 Å². The fourth-order valence-electron chi connectivity index (χ4n) is 1.41. The summed E-state index contributed by atoms with van der Waals surface area (Å²) in [5.41, 5.74) is 1.40. The van der Waals surface area contributed by atoms with E-state index in [1.54, 1.807) is 0 Å². The number of hydrogen-bond donors (Lipinski definition) is 0. The van der Waals surface area contributed by atoms with Gasteiger partial charge in [0, 0.05) is 0 Å². The van der Waals surface area contributed by atoms with Crippen molar-refractivity contribution >= 4 is 22.6 Å². The zero-order valence-corrected chi connectivity index (χ0v) is 10.3. The molecule has 1 atom stereocenters. The molecule has 1 heteroatoms. The second-order valence-corrected chi connectivity index (χ2v) is 5.02. The van der Waals surface area contributed by atoms with Crippen LogP contribution in [0.4, 0.5) is 0 Å². The standard InChI is InChI=1S/C12H15I/c1-3-5-9-12(13)10-7-6-8-11(12)4-2/h3-8,10H,9H2,1-2H3/b5-3-,11-4-. The van der Waals surface area contributed by atoms with Crippen molar-refractivity contribution in [1.82, 2.24) is 0 Å². The number of halogens is 1. The van der Waals surface area contributed by atoms with Crippen molar-refractivity contribution in [2.24, 2.45) is 0 Å². The Balaban J connectivity index is 2.87. The molecule has 0 aromatic rings. The van der Waals surface area contributed by atoms with E-state index in [1.807, 2.05) is 0 Å². The van der Waals surface area contributed by atoms with Gasteiger partial charge in [0.05, 0.1) is 3.42 Å². The molecule has 1 aliphatic rings. The van der Waals surface area contributed by atoms with Crippen molar-refractivity contribution in [2.45, 2.75) is 23.7 Å². The Morgan fingerprint density at radius 1 is 1.38 bits per heavy atom. The molecule has 13 heavy (non-hydrogen) atoms. The zero-order valence-electron chi connectivity index (χ0n) is 8.13. The SMILES string of the molecule is C/C=C\CC1(I)C=CC=C/C1=C/C. The fourth-order valence-corrected chi connectivity index (χ4v) is 2.37. The van der Waals surface area contributed by atoms with Gasteiger partial charge in [-0.3, -0.25) is 0 Å². The molecule has 0 aromatic heterocycles. The van der Waals surface area contributed by atoms with E-state index < -0.39 is 0 Å². The predicted octanol–water partition coefficient (Wildman–Crippen LogP) is 4.20. The molecular weight excluding hydrogens is 271 g/mol. The van der Waals surface area contributed by atoms with E-state index in [0.717, 1.165) is 6.42 Å². The summed E-state index contributed by atoms with van der Waals surface area (Å²) in [6.45, 7) is 4.17. The lowest BCUT2D eigenvalue weighted by Gasteiger charge is -2.26. The molecule has 0 aromatic carbocycles. The van der Waals surface area contributed by atoms with Crippen LogP contribution in [0.2, 0.25) is 0 Å². The van der Waals surface area contributed by atoms with Crippen LogP contribution in [0.15, 0.2) is 48.1 Å². The maximum absolute atomic E-state index is 2.52. The van der Waals surface area contributed by atoms with Crippen molar-refractivity contribution < 1.29 is 0 Å². The highest BCUT2D eigenvalue weighted by atomic mass is 127. The van der Waals surface area contributed by atoms with E-state index in [1.165, 1.54) is 5.57 Å². The smallest absolute Gasteiger partial charge is 0.0683 e. The lowest BCUT2D eigenvalue weighted by Crippen LogP contribution is -2.20. The normalized spacial score (nSPS) is 30.5. The van der Waals surface area contributed by atoms with Gasteiger partial charge in [0.2, 0.25) is 0 Å². The minimum absolute atomic E-state index is 0.174. The summed E-state index contributed by atoms with van der Waals surface area (Å²) in [5, 5.41) is 0. The van der Waals surface area contributed by atoms with Crippen molar-refractivity contribution in [3.63, 3.8) is 0 Å². The molecule has 1 rings (SSSR count). The lowest BCUT2D eigenvalue weighted by atomic mass is 9.91. The van der Waals surface area contributed by atoms with Crippen molar-refractivity contribution in [3.8, 4) is 0 Å². The third kappa shape index (κ3) is 2.56. The highest BCUT2D eigenvalue weighted by Crippen LogP contribution is 2.36. The number of rotatable bonds is 2. The Bertz CT molecular complexity index is 281. The van der Waals surface area contributed by atoms with E-state index in [-0.39, 0.29) is 3.42 Å². The van der Waals surface area contributed by atoms with Crippen LogP contribution in [0.5, 0.6) is 0 Å². The Hall–Kier alpha value is -0.310. The molecule has 0 fully saturated rings. The van der Waals surface area contributed by atoms with Crippen LogP contribution in [0, 0.1) is 0 Å². The average molecular weight is 286 g/mol. The van der Waals surface area contributed by atoms with Gasteiger partial charge >= 0.3 is 0 Å². The predicted molar refractivity (Wildman–Crippen MR) is 68.2 cm³/mol. The van der Waals surface area contributed by atoms with Crippen LogP contribution in [-0.4, -0.2) is 3.42 Å². The molecule has 0 aliphatic heterocycles. The van der Waals surface area contributed by atoms with E-state index >= 15 is 0 Å². The summed E-state index contributed by atoms with van der Waals surface area (Å²) in [7, 11) is 0. The van der Waals surface area contributed by atoms with Crippen LogP contribution in [0.3, 0.4) is 0 Å². The summed E-state index contributed by atoms with van der Waals surface area (Å²) < 4.78 is 0.174. The summed E-state index contributed by atoms with van der Waals surface area (Å²) in [4.78, 5) is 0. The van der Waals surface area contributed by atoms with Gasteiger partial charge in [-0.15, -0.1) is 0 Å². The molecule has 0 bridgehead atoms. The van der Waals surface area contributed by atoms with Crippen molar-refractivity contribution in [2.75, 3.05) is 0 Å². The molecule has 1 unspecified atom stereocenters. The van der Waals surface area contributed by atoms with Gasteiger partial charge in [-0.1, -0.05) is 65.1 Å². The highest BCUT2D eigenvalue weighted by Gasteiger charge is 2.25. The van der Waals surface area contributed by atoms with Gasteiger partial charge in [0.15, 0.2) is 0 Å². The summed E-state index contributed by atoms with van der Waals surface area (Å²) >= 11 is 2.52. The molecule has 0 saturated heterocycles. The topological polar surface area (TPSA) is 0 Å². The second kappa shape index (κ2) is 4.80. The Kier molecular flexibility index (Phi) is 3.97. The van der Waals surface area contributed by atoms with E-state index in [0.29, 0.717) is 0 Å². The summed E-state index contributed by atoms with van der Waals surface area (Å²) in [5.74, 6) is 0. The van der Waals surface area contributed by atoms with Crippen LogP contribution in [-0.2, 0) is 0 Å². The summed E-state index contributed by atoms with van der Waals surface area (Å²) in [6, 6.07) is 0. The molecular formula is C12H15I. The maximum atomic E-state index is 2.52. The number of allylic oxidation sites excluding steroid dienone is 8. The Morgan fingerprint density at radius 3 is 2.77 bits per heavy atom. The molecule has 0 radical (unpaired) electrons. The number of hydrogen-bond acceptors (Lipinski definition) is 0. The molecule has 0 saturated carbocycles. The third-order valence-electron chi connectivity index (χ3n) is 2.19. The van der Waals surface area contributed by atoms with Gasteiger partial charge in [-0.05, 0) is 25.8 Å². The van der Waals surface area contributed by atoms with Crippen LogP contribution in [0.1, 0.15) is 20.3 Å². The highest BCUT2D eigenvalue weighted by molar-refractivity contribution is 14.1. The second-order valence-electron chi connectivity index (χ2n) is 3.10. The lowest BCUT2D eigenvalue weighted by molar-refractivity contribution is 0.884. The first-order valence-corrected chi connectivity index (χ1v) is 5.63. The molecule has 1 aliphatic carbocycles. The third-order valence-corrected chi connectivity index (χ3v) is 3.61. The molecule has 0 heterocycles. The van der Waals surface area contributed by atoms with E-state index in [2.05, 4.69) is 79.0 Å². The molecule has 0 spiro atoms. The maximum Gasteiger partial charge on any atom is 0.0683 e. The molecule has 0 amide bonds. The zero-order chi connectivity index (χ0) is 9.73. The van der Waals surface area contributed by atoms with Gasteiger partial charge < -0.3 is 0 Å². The quantitative estimate of drug-likeness (QED) is 0.405. The molecule has 70 valence electrons. The Morgan fingerprint density at radius 2 is 2.15 bits per heavy atom. The van der Waals surface area contributed by atoms with Crippen LogP contribution < -0.4 is 0 Å². The van der Waals surface area contributed by atoms with Crippen molar-refractivity contribution in [1.29, 1.82) is 0 Å². The molecule has 0 N–H and O–H groups in total. The minimum atomic E-state index is 0.174. The monoisotopic (exact) mass is 286 g/mol. The first kappa shape index (κ1) is 10.8. The van der Waals surface area contributed by atoms with Crippen LogP contribution in [0.25, 0.3) is 0 Å². The summed E-state index contributed by atoms with van der Waals surface area (Å²) in [6.07, 6.45) is 16.3. The fraction of sp³-hybridized carbons (Fsp3) is 0.333. The van der Waals surface area contributed by atoms with Crippen molar-refractivity contribution in [3.05, 3.63) is 48.1 Å². The van der Waals surface area contributed by atoms with Gasteiger partial charge in [0.25, 0.3) is 0 Å². The first-order valence-electron chi connectivity index (χ1n) is 4.55. The average Bonchev–Trinajstić information content (AvgIpc) is 2.16. The van der Waals surface area contributed by atoms with Crippen LogP contribution >= 0.6 is 22.6 Å². The molecule has 0 nitrogen and oxygen atoms in total. The van der Waals surface area contributed by atoms with Gasteiger partial charge in [0.1, 0.15) is 0 Å². The number of alkyl halides is 1. The van der Waals surface area contributed by atoms with Gasteiger partial charge in [-0.25, -0.2) is 0 Å². The van der Waals surface area contributed by atoms with E-state index in [9.17, 15) is 0 Å².